The molecular weight excluding hydrogens is 352 g/mol. The molecule has 1 saturated carbocycles. The Labute approximate surface area is 153 Å². The van der Waals surface area contributed by atoms with Gasteiger partial charge in [0.15, 0.2) is 0 Å². The molecular formula is C18H24N4O3S. The lowest BCUT2D eigenvalue weighted by atomic mass is 10.0. The molecule has 0 atom stereocenters. The van der Waals surface area contributed by atoms with E-state index in [2.05, 4.69) is 10.2 Å². The summed E-state index contributed by atoms with van der Waals surface area (Å²) in [6.07, 6.45) is 1.98. The predicted octanol–water partition coefficient (Wildman–Crippen LogP) is 1.93. The molecule has 1 heterocycles. The number of sulfone groups is 1. The van der Waals surface area contributed by atoms with E-state index in [4.69, 9.17) is 5.73 Å². The van der Waals surface area contributed by atoms with E-state index in [1.807, 2.05) is 32.9 Å². The van der Waals surface area contributed by atoms with Crippen molar-refractivity contribution in [2.24, 2.45) is 5.73 Å². The number of nitrogens with zero attached hydrogens (tertiary/aromatic N) is 3. The van der Waals surface area contributed by atoms with Crippen LogP contribution in [0, 0.1) is 20.8 Å². The van der Waals surface area contributed by atoms with Gasteiger partial charge in [-0.25, -0.2) is 8.42 Å². The zero-order chi connectivity index (χ0) is 19.1. The second kappa shape index (κ2) is 6.83. The summed E-state index contributed by atoms with van der Waals surface area (Å²) in [4.78, 5) is 11.2. The van der Waals surface area contributed by atoms with E-state index in [1.165, 1.54) is 0 Å². The number of benzene rings is 1. The van der Waals surface area contributed by atoms with Crippen LogP contribution in [-0.4, -0.2) is 29.1 Å². The molecule has 1 fully saturated rings. The Morgan fingerprint density at radius 1 is 1.19 bits per heavy atom. The summed E-state index contributed by atoms with van der Waals surface area (Å²) in [7, 11) is -3.70. The van der Waals surface area contributed by atoms with Crippen LogP contribution in [0.15, 0.2) is 17.3 Å². The third-order valence-electron chi connectivity index (χ3n) is 4.72. The van der Waals surface area contributed by atoms with Crippen LogP contribution in [0.2, 0.25) is 0 Å². The lowest BCUT2D eigenvalue weighted by molar-refractivity contribution is -0.118. The average Bonchev–Trinajstić information content (AvgIpc) is 3.28. The molecule has 0 spiro atoms. The molecule has 1 amide bonds. The van der Waals surface area contributed by atoms with E-state index < -0.39 is 15.7 Å². The number of hydrogen-bond donors (Lipinski definition) is 1. The van der Waals surface area contributed by atoms with E-state index >= 15 is 0 Å². The van der Waals surface area contributed by atoms with E-state index in [-0.39, 0.29) is 29.8 Å². The molecule has 3 rings (SSSR count). The van der Waals surface area contributed by atoms with Crippen LogP contribution < -0.4 is 5.73 Å². The quantitative estimate of drug-likeness (QED) is 0.794. The highest BCUT2D eigenvalue weighted by atomic mass is 32.2. The minimum absolute atomic E-state index is 0.0584. The van der Waals surface area contributed by atoms with Crippen LogP contribution in [0.4, 0.5) is 0 Å². The summed E-state index contributed by atoms with van der Waals surface area (Å²) in [5, 5.41) is 8.01. The Morgan fingerprint density at radius 3 is 2.35 bits per heavy atom. The topological polar surface area (TPSA) is 108 Å². The zero-order valence-corrected chi connectivity index (χ0v) is 16.1. The minimum Gasteiger partial charge on any atom is -0.370 e. The van der Waals surface area contributed by atoms with Crippen LogP contribution in [0.5, 0.6) is 0 Å². The Balaban J connectivity index is 1.98. The van der Waals surface area contributed by atoms with Gasteiger partial charge in [-0.15, -0.1) is 10.2 Å². The van der Waals surface area contributed by atoms with Crippen molar-refractivity contribution in [3.05, 3.63) is 40.2 Å². The fourth-order valence-electron chi connectivity index (χ4n) is 3.30. The molecule has 1 aromatic heterocycles. The van der Waals surface area contributed by atoms with Crippen molar-refractivity contribution in [2.45, 2.75) is 63.4 Å². The molecule has 0 radical (unpaired) electrons. The Bertz CT molecular complexity index is 936. The molecule has 1 aliphatic carbocycles. The van der Waals surface area contributed by atoms with Crippen LogP contribution in [0.3, 0.4) is 0 Å². The second-order valence-corrected chi connectivity index (χ2v) is 9.00. The average molecular weight is 376 g/mol. The molecule has 140 valence electrons. The van der Waals surface area contributed by atoms with Gasteiger partial charge in [-0.05, 0) is 50.3 Å². The van der Waals surface area contributed by atoms with Crippen molar-refractivity contribution in [3.63, 3.8) is 0 Å². The molecule has 26 heavy (non-hydrogen) atoms. The van der Waals surface area contributed by atoms with Gasteiger partial charge in [-0.3, -0.25) is 4.79 Å². The number of primary amides is 1. The molecule has 0 bridgehead atoms. The number of rotatable bonds is 7. The van der Waals surface area contributed by atoms with Crippen molar-refractivity contribution in [2.75, 3.05) is 0 Å². The molecule has 0 unspecified atom stereocenters. The maximum absolute atomic E-state index is 13.1. The number of nitrogens with two attached hydrogens (primary N) is 1. The molecule has 8 heteroatoms. The lowest BCUT2D eigenvalue weighted by Crippen LogP contribution is -2.19. The maximum Gasteiger partial charge on any atom is 0.250 e. The summed E-state index contributed by atoms with van der Waals surface area (Å²) in [6, 6.07) is 3.95. The number of aromatic nitrogens is 3. The summed E-state index contributed by atoms with van der Waals surface area (Å²) in [6.45, 7) is 6.01. The first-order valence-electron chi connectivity index (χ1n) is 8.70. The molecule has 7 nitrogen and oxygen atoms in total. The van der Waals surface area contributed by atoms with Gasteiger partial charge in [-0.1, -0.05) is 17.7 Å². The highest BCUT2D eigenvalue weighted by Crippen LogP contribution is 2.39. The highest BCUT2D eigenvalue weighted by molar-refractivity contribution is 7.90. The normalized spacial score (nSPS) is 14.6. The van der Waals surface area contributed by atoms with Crippen LogP contribution >= 0.6 is 0 Å². The standard InChI is InChI=1S/C18H24N4O3S/c1-11-8-12(2)15(13(3)9-11)10-26(24,25)18-21-20-17(14-4-5-14)22(18)7-6-16(19)23/h8-9,14H,4-7,10H2,1-3H3,(H2,19,23). The first-order chi connectivity index (χ1) is 12.2. The van der Waals surface area contributed by atoms with Gasteiger partial charge in [0, 0.05) is 18.9 Å². The van der Waals surface area contributed by atoms with E-state index in [0.717, 1.165) is 35.1 Å². The summed E-state index contributed by atoms with van der Waals surface area (Å²) >= 11 is 0. The van der Waals surface area contributed by atoms with Crippen molar-refractivity contribution in [1.29, 1.82) is 0 Å². The van der Waals surface area contributed by atoms with Gasteiger partial charge in [0.1, 0.15) is 5.82 Å². The largest absolute Gasteiger partial charge is 0.370 e. The third kappa shape index (κ3) is 3.80. The van der Waals surface area contributed by atoms with Gasteiger partial charge in [0.05, 0.1) is 5.75 Å². The van der Waals surface area contributed by atoms with Gasteiger partial charge in [-0.2, -0.15) is 0 Å². The van der Waals surface area contributed by atoms with Crippen molar-refractivity contribution in [1.82, 2.24) is 14.8 Å². The van der Waals surface area contributed by atoms with Gasteiger partial charge >= 0.3 is 0 Å². The van der Waals surface area contributed by atoms with E-state index in [0.29, 0.717) is 5.82 Å². The Morgan fingerprint density at radius 2 is 1.81 bits per heavy atom. The fraction of sp³-hybridized carbons (Fsp3) is 0.500. The van der Waals surface area contributed by atoms with Crippen LogP contribution in [0.25, 0.3) is 0 Å². The van der Waals surface area contributed by atoms with Gasteiger partial charge < -0.3 is 10.3 Å². The van der Waals surface area contributed by atoms with E-state index in [1.54, 1.807) is 4.57 Å². The summed E-state index contributed by atoms with van der Waals surface area (Å²) in [5.74, 6) is 0.253. The van der Waals surface area contributed by atoms with Gasteiger partial charge in [0.2, 0.25) is 20.9 Å². The van der Waals surface area contributed by atoms with Crippen LogP contribution in [0.1, 0.15) is 53.3 Å². The van der Waals surface area contributed by atoms with Crippen LogP contribution in [-0.2, 0) is 26.9 Å². The molecule has 1 aliphatic rings. The fourth-order valence-corrected chi connectivity index (χ4v) is 4.95. The smallest absolute Gasteiger partial charge is 0.250 e. The molecule has 0 aliphatic heterocycles. The first kappa shape index (κ1) is 18.6. The SMILES string of the molecule is Cc1cc(C)c(CS(=O)(=O)c2nnc(C3CC3)n2CCC(N)=O)c(C)c1. The predicted molar refractivity (Wildman–Crippen MR) is 97.4 cm³/mol. The monoisotopic (exact) mass is 376 g/mol. The molecule has 2 aromatic rings. The zero-order valence-electron chi connectivity index (χ0n) is 15.3. The van der Waals surface area contributed by atoms with Crippen molar-refractivity contribution < 1.29 is 13.2 Å². The summed E-state index contributed by atoms with van der Waals surface area (Å²) < 4.78 is 27.7. The van der Waals surface area contributed by atoms with Crippen molar-refractivity contribution >= 4 is 15.7 Å². The number of hydrogen-bond acceptors (Lipinski definition) is 5. The highest BCUT2D eigenvalue weighted by Gasteiger charge is 2.34. The molecule has 2 N–H and O–H groups in total. The number of carbonyl (C=O) groups excluding carboxylic acids is 1. The van der Waals surface area contributed by atoms with Crippen molar-refractivity contribution in [3.8, 4) is 0 Å². The number of aryl methyl sites for hydroxylation is 3. The summed E-state index contributed by atoms with van der Waals surface area (Å²) in [5.41, 5.74) is 9.01. The maximum atomic E-state index is 13.1. The lowest BCUT2D eigenvalue weighted by Gasteiger charge is -2.13. The minimum atomic E-state index is -3.70. The molecule has 1 aromatic carbocycles. The second-order valence-electron chi connectivity index (χ2n) is 7.12. The number of amides is 1. The number of carbonyl (C=O) groups is 1. The van der Waals surface area contributed by atoms with Gasteiger partial charge in [0.25, 0.3) is 0 Å². The van der Waals surface area contributed by atoms with E-state index in [9.17, 15) is 13.2 Å². The third-order valence-corrected chi connectivity index (χ3v) is 6.25. The molecule has 0 saturated heterocycles. The Kier molecular flexibility index (Phi) is 4.88. The first-order valence-corrected chi connectivity index (χ1v) is 10.3. The Hall–Kier alpha value is -2.22.